The zero-order valence-electron chi connectivity index (χ0n) is 15.3. The molecule has 5 heterocycles. The Morgan fingerprint density at radius 3 is 2.85 bits per heavy atom. The molecule has 6 nitrogen and oxygen atoms in total. The Bertz CT molecular complexity index is 878. The Morgan fingerprint density at radius 1 is 1.15 bits per heavy atom. The molecule has 2 aromatic heterocycles. The first-order chi connectivity index (χ1) is 13.2. The summed E-state index contributed by atoms with van der Waals surface area (Å²) in [5, 5.41) is 10.0. The molecule has 0 unspecified atom stereocenters. The van der Waals surface area contributed by atoms with Crippen molar-refractivity contribution in [2.75, 3.05) is 19.7 Å². The van der Waals surface area contributed by atoms with Gasteiger partial charge in [-0.1, -0.05) is 6.07 Å². The highest BCUT2D eigenvalue weighted by Gasteiger charge is 2.49. The first-order valence-electron chi connectivity index (χ1n) is 9.95. The molecular weight excluding hydrogens is 342 g/mol. The van der Waals surface area contributed by atoms with Crippen LogP contribution in [-0.2, 0) is 4.79 Å². The normalized spacial score (nSPS) is 30.5. The molecule has 3 fully saturated rings. The molecule has 0 aliphatic carbocycles. The van der Waals surface area contributed by atoms with Gasteiger partial charge >= 0.3 is 0 Å². The maximum Gasteiger partial charge on any atom is 0.270 e. The number of aromatic nitrogens is 1. The van der Waals surface area contributed by atoms with Crippen LogP contribution in [0.5, 0.6) is 0 Å². The van der Waals surface area contributed by atoms with Gasteiger partial charge in [-0.25, -0.2) is 0 Å². The summed E-state index contributed by atoms with van der Waals surface area (Å²) in [5.74, 6) is 0.689. The van der Waals surface area contributed by atoms with Crippen LogP contribution in [0.25, 0.3) is 5.52 Å². The van der Waals surface area contributed by atoms with Crippen LogP contribution in [0.4, 0.5) is 0 Å². The molecular formula is C21H25N3O3. The number of pyridine rings is 1. The highest BCUT2D eigenvalue weighted by Crippen LogP contribution is 2.41. The van der Waals surface area contributed by atoms with Crippen LogP contribution in [0, 0.1) is 11.8 Å². The topological polar surface area (TPSA) is 65.3 Å². The molecule has 27 heavy (non-hydrogen) atoms. The molecule has 3 aliphatic rings. The molecule has 2 aromatic rings. The summed E-state index contributed by atoms with van der Waals surface area (Å²) in [6.07, 6.45) is 5.40. The van der Waals surface area contributed by atoms with Crippen LogP contribution < -0.4 is 0 Å². The molecule has 2 bridgehead atoms. The van der Waals surface area contributed by atoms with Crippen molar-refractivity contribution in [1.29, 1.82) is 0 Å². The third kappa shape index (κ3) is 2.57. The maximum absolute atomic E-state index is 13.3. The van der Waals surface area contributed by atoms with Crippen molar-refractivity contribution >= 4 is 17.3 Å². The van der Waals surface area contributed by atoms with Crippen LogP contribution in [0.15, 0.2) is 36.5 Å². The summed E-state index contributed by atoms with van der Waals surface area (Å²) in [7, 11) is 0. The molecule has 0 radical (unpaired) electrons. The fourth-order valence-electron chi connectivity index (χ4n) is 5.57. The van der Waals surface area contributed by atoms with Crippen molar-refractivity contribution in [2.45, 2.75) is 37.8 Å². The molecule has 0 spiro atoms. The van der Waals surface area contributed by atoms with E-state index >= 15 is 0 Å². The van der Waals surface area contributed by atoms with Crippen molar-refractivity contribution in [3.05, 3.63) is 42.2 Å². The van der Waals surface area contributed by atoms with Gasteiger partial charge in [0.15, 0.2) is 0 Å². The van der Waals surface area contributed by atoms with E-state index in [0.29, 0.717) is 31.1 Å². The molecule has 3 aliphatic heterocycles. The SMILES string of the molecule is O=C(c1ccc2ccccn12)N1C[C@H]2C[C@@H](C1)[C@H](CO)N1C(=O)CCC[C@@H]21. The minimum absolute atomic E-state index is 0.0181. The standard InChI is InChI=1S/C21H25N3O3/c25-13-19-15-10-14(17-5-3-6-20(26)24(17)19)11-22(12-15)21(27)18-8-7-16-4-1-2-9-23(16)18/h1-2,4,7-9,14-15,17,19,25H,3,5-6,10-13H2/t14-,15+,17+,19+/m1/s1. The third-order valence-corrected chi connectivity index (χ3v) is 6.75. The molecule has 3 saturated heterocycles. The van der Waals surface area contributed by atoms with Gasteiger partial charge in [-0.2, -0.15) is 0 Å². The summed E-state index contributed by atoms with van der Waals surface area (Å²) in [4.78, 5) is 29.7. The van der Waals surface area contributed by atoms with Gasteiger partial charge in [0, 0.05) is 37.3 Å². The summed E-state index contributed by atoms with van der Waals surface area (Å²) in [5.41, 5.74) is 1.69. The molecule has 0 saturated carbocycles. The monoisotopic (exact) mass is 367 g/mol. The van der Waals surface area contributed by atoms with Crippen LogP contribution in [0.1, 0.15) is 36.2 Å². The first kappa shape index (κ1) is 16.8. The average Bonchev–Trinajstić information content (AvgIpc) is 3.12. The number of nitrogens with zero attached hydrogens (tertiary/aromatic N) is 3. The quantitative estimate of drug-likeness (QED) is 0.880. The first-order valence-corrected chi connectivity index (χ1v) is 9.95. The number of hydrogen-bond donors (Lipinski definition) is 1. The van der Waals surface area contributed by atoms with Crippen molar-refractivity contribution < 1.29 is 14.7 Å². The van der Waals surface area contributed by atoms with Gasteiger partial charge in [-0.05, 0) is 55.4 Å². The highest BCUT2D eigenvalue weighted by molar-refractivity contribution is 5.94. The number of carbonyl (C=O) groups is 2. The van der Waals surface area contributed by atoms with Crippen molar-refractivity contribution in [1.82, 2.24) is 14.2 Å². The van der Waals surface area contributed by atoms with E-state index in [1.54, 1.807) is 0 Å². The number of aliphatic hydroxyl groups excluding tert-OH is 1. The van der Waals surface area contributed by atoms with Gasteiger partial charge in [-0.15, -0.1) is 0 Å². The Hall–Kier alpha value is -2.34. The number of fused-ring (bicyclic) bond motifs is 5. The lowest BCUT2D eigenvalue weighted by atomic mass is 9.72. The minimum atomic E-state index is -0.154. The van der Waals surface area contributed by atoms with Gasteiger partial charge in [0.2, 0.25) is 5.91 Å². The maximum atomic E-state index is 13.3. The Morgan fingerprint density at radius 2 is 2.00 bits per heavy atom. The number of amides is 2. The second-order valence-electron chi connectivity index (χ2n) is 8.19. The zero-order valence-corrected chi connectivity index (χ0v) is 15.3. The van der Waals surface area contributed by atoms with Crippen LogP contribution in [0.2, 0.25) is 0 Å². The second kappa shape index (κ2) is 6.37. The highest BCUT2D eigenvalue weighted by atomic mass is 16.3. The lowest BCUT2D eigenvalue weighted by Gasteiger charge is -2.56. The molecule has 1 N–H and O–H groups in total. The van der Waals surface area contributed by atoms with Crippen molar-refractivity contribution in [3.8, 4) is 0 Å². The third-order valence-electron chi connectivity index (χ3n) is 6.75. The summed E-state index contributed by atoms with van der Waals surface area (Å²) in [6.45, 7) is 1.29. The number of rotatable bonds is 2. The van der Waals surface area contributed by atoms with E-state index in [1.807, 2.05) is 50.7 Å². The Kier molecular flexibility index (Phi) is 3.97. The lowest BCUT2D eigenvalue weighted by molar-refractivity contribution is -0.154. The van der Waals surface area contributed by atoms with Crippen molar-refractivity contribution in [3.63, 3.8) is 0 Å². The van der Waals surface area contributed by atoms with Crippen molar-refractivity contribution in [2.24, 2.45) is 11.8 Å². The van der Waals surface area contributed by atoms with E-state index < -0.39 is 0 Å². The second-order valence-corrected chi connectivity index (χ2v) is 8.19. The summed E-state index contributed by atoms with van der Waals surface area (Å²) >= 11 is 0. The van der Waals surface area contributed by atoms with E-state index in [1.165, 1.54) is 0 Å². The molecule has 6 heteroatoms. The molecule has 2 amide bonds. The van der Waals surface area contributed by atoms with E-state index in [4.69, 9.17) is 0 Å². The Labute approximate surface area is 158 Å². The molecule has 4 atom stereocenters. The van der Waals surface area contributed by atoms with Gasteiger partial charge in [-0.3, -0.25) is 9.59 Å². The Balaban J connectivity index is 1.45. The van der Waals surface area contributed by atoms with E-state index in [0.717, 1.165) is 24.8 Å². The average molecular weight is 367 g/mol. The van der Waals surface area contributed by atoms with E-state index in [9.17, 15) is 14.7 Å². The predicted molar refractivity (Wildman–Crippen MR) is 100 cm³/mol. The number of carbonyl (C=O) groups excluding carboxylic acids is 2. The van der Waals surface area contributed by atoms with Gasteiger partial charge in [0.1, 0.15) is 5.69 Å². The largest absolute Gasteiger partial charge is 0.394 e. The van der Waals surface area contributed by atoms with Crippen LogP contribution in [0.3, 0.4) is 0 Å². The number of aliphatic hydroxyl groups is 1. The lowest BCUT2D eigenvalue weighted by Crippen LogP contribution is -2.66. The number of piperidine rings is 3. The van der Waals surface area contributed by atoms with E-state index in [-0.39, 0.29) is 36.4 Å². The molecule has 0 aromatic carbocycles. The molecule has 142 valence electrons. The predicted octanol–water partition coefficient (Wildman–Crippen LogP) is 1.77. The van der Waals surface area contributed by atoms with Gasteiger partial charge < -0.3 is 19.3 Å². The minimum Gasteiger partial charge on any atom is -0.394 e. The van der Waals surface area contributed by atoms with E-state index in [2.05, 4.69) is 0 Å². The smallest absolute Gasteiger partial charge is 0.270 e. The summed E-state index contributed by atoms with van der Waals surface area (Å²) in [6, 6.07) is 9.77. The summed E-state index contributed by atoms with van der Waals surface area (Å²) < 4.78 is 1.94. The van der Waals surface area contributed by atoms with Crippen LogP contribution >= 0.6 is 0 Å². The fourth-order valence-corrected chi connectivity index (χ4v) is 5.57. The number of hydrogen-bond acceptors (Lipinski definition) is 3. The van der Waals surface area contributed by atoms with Crippen LogP contribution in [-0.4, -0.2) is 62.9 Å². The fraction of sp³-hybridized carbons (Fsp3) is 0.524. The molecule has 5 rings (SSSR count). The zero-order chi connectivity index (χ0) is 18.5. The number of likely N-dealkylation sites (tertiary alicyclic amines) is 1. The van der Waals surface area contributed by atoms with Gasteiger partial charge in [0.05, 0.1) is 12.6 Å². The van der Waals surface area contributed by atoms with Gasteiger partial charge in [0.25, 0.3) is 5.91 Å².